The Morgan fingerprint density at radius 3 is 0.919 bits per heavy atom. The first-order chi connectivity index (χ1) is 36.5. The van der Waals surface area contributed by atoms with Crippen LogP contribution in [0, 0.1) is 0 Å². The summed E-state index contributed by atoms with van der Waals surface area (Å²) in [4.78, 5) is 24.5. The molecule has 0 bridgehead atoms. The standard InChI is InChI=1S/C68H133NO5/c1-3-5-7-9-11-13-15-17-19-33-36-40-44-48-52-56-60-66(71)65(64-70)69-67(72)61-57-53-49-45-41-37-34-31-29-27-25-23-21-20-22-24-26-28-30-32-35-39-43-47-51-55-59-63-74-68(73)62-58-54-50-46-42-38-18-16-14-12-10-8-6-4-2/h56,60,65-66,70-71H,3-55,57-59,61-64H2,1-2H3,(H,69,72)/b60-56+. The van der Waals surface area contributed by atoms with Crippen LogP contribution in [0.2, 0.25) is 0 Å². The second-order valence-electron chi connectivity index (χ2n) is 23.5. The van der Waals surface area contributed by atoms with Gasteiger partial charge in [0.25, 0.3) is 0 Å². The Morgan fingerprint density at radius 1 is 0.365 bits per heavy atom. The van der Waals surface area contributed by atoms with Crippen LogP contribution in [0.5, 0.6) is 0 Å². The van der Waals surface area contributed by atoms with Gasteiger partial charge in [-0.2, -0.15) is 0 Å². The number of allylic oxidation sites excluding steroid dienone is 1. The van der Waals surface area contributed by atoms with E-state index in [9.17, 15) is 19.8 Å². The predicted molar refractivity (Wildman–Crippen MR) is 324 cm³/mol. The van der Waals surface area contributed by atoms with E-state index in [-0.39, 0.29) is 18.5 Å². The van der Waals surface area contributed by atoms with Gasteiger partial charge in [-0.15, -0.1) is 0 Å². The lowest BCUT2D eigenvalue weighted by Gasteiger charge is -2.20. The molecule has 440 valence electrons. The maximum Gasteiger partial charge on any atom is 0.305 e. The molecule has 0 rings (SSSR count). The van der Waals surface area contributed by atoms with Crippen LogP contribution in [0.4, 0.5) is 0 Å². The average Bonchev–Trinajstić information content (AvgIpc) is 3.40. The molecule has 6 heteroatoms. The van der Waals surface area contributed by atoms with Crippen molar-refractivity contribution >= 4 is 11.9 Å². The molecule has 0 saturated carbocycles. The fourth-order valence-corrected chi connectivity index (χ4v) is 10.9. The van der Waals surface area contributed by atoms with E-state index >= 15 is 0 Å². The molecule has 0 aromatic rings. The smallest absolute Gasteiger partial charge is 0.305 e. The van der Waals surface area contributed by atoms with Gasteiger partial charge in [-0.05, 0) is 32.1 Å². The molecule has 6 nitrogen and oxygen atoms in total. The fraction of sp³-hybridized carbons (Fsp3) is 0.941. The maximum atomic E-state index is 12.5. The topological polar surface area (TPSA) is 95.9 Å². The Kier molecular flexibility index (Phi) is 62.9. The van der Waals surface area contributed by atoms with Gasteiger partial charge in [0.15, 0.2) is 0 Å². The van der Waals surface area contributed by atoms with E-state index in [2.05, 4.69) is 19.2 Å². The summed E-state index contributed by atoms with van der Waals surface area (Å²) in [5.41, 5.74) is 0. The van der Waals surface area contributed by atoms with Gasteiger partial charge in [-0.1, -0.05) is 353 Å². The molecule has 0 heterocycles. The third-order valence-corrected chi connectivity index (χ3v) is 16.1. The minimum atomic E-state index is -0.842. The maximum absolute atomic E-state index is 12.5. The number of amides is 1. The van der Waals surface area contributed by atoms with E-state index in [1.165, 1.54) is 321 Å². The van der Waals surface area contributed by atoms with Gasteiger partial charge in [-0.3, -0.25) is 9.59 Å². The molecule has 0 aliphatic heterocycles. The van der Waals surface area contributed by atoms with Gasteiger partial charge in [0.1, 0.15) is 0 Å². The van der Waals surface area contributed by atoms with Crippen molar-refractivity contribution in [2.45, 2.75) is 398 Å². The first-order valence-electron chi connectivity index (χ1n) is 34.0. The van der Waals surface area contributed by atoms with Crippen molar-refractivity contribution in [2.24, 2.45) is 0 Å². The minimum absolute atomic E-state index is 0.0208. The molecule has 74 heavy (non-hydrogen) atoms. The second-order valence-corrected chi connectivity index (χ2v) is 23.5. The van der Waals surface area contributed by atoms with Gasteiger partial charge < -0.3 is 20.3 Å². The number of nitrogens with one attached hydrogen (secondary N) is 1. The molecule has 0 fully saturated rings. The van der Waals surface area contributed by atoms with E-state index in [4.69, 9.17) is 4.74 Å². The van der Waals surface area contributed by atoms with Crippen molar-refractivity contribution in [3.8, 4) is 0 Å². The highest BCUT2D eigenvalue weighted by atomic mass is 16.5. The van der Waals surface area contributed by atoms with E-state index in [1.54, 1.807) is 6.08 Å². The van der Waals surface area contributed by atoms with Crippen LogP contribution in [-0.4, -0.2) is 47.4 Å². The number of hydrogen-bond acceptors (Lipinski definition) is 5. The lowest BCUT2D eigenvalue weighted by molar-refractivity contribution is -0.143. The van der Waals surface area contributed by atoms with Crippen LogP contribution in [0.15, 0.2) is 12.2 Å². The zero-order valence-electron chi connectivity index (χ0n) is 50.4. The van der Waals surface area contributed by atoms with E-state index < -0.39 is 12.1 Å². The van der Waals surface area contributed by atoms with Gasteiger partial charge in [0, 0.05) is 12.8 Å². The highest BCUT2D eigenvalue weighted by Gasteiger charge is 2.18. The third kappa shape index (κ3) is 59.8. The molecule has 0 aromatic heterocycles. The van der Waals surface area contributed by atoms with Crippen LogP contribution in [0.25, 0.3) is 0 Å². The lowest BCUT2D eigenvalue weighted by Crippen LogP contribution is -2.45. The normalized spacial score (nSPS) is 12.5. The van der Waals surface area contributed by atoms with Gasteiger partial charge in [0.05, 0.1) is 25.4 Å². The molecule has 0 spiro atoms. The molecular formula is C68H133NO5. The number of aliphatic hydroxyl groups excluding tert-OH is 2. The Morgan fingerprint density at radius 2 is 0.622 bits per heavy atom. The number of hydrogen-bond donors (Lipinski definition) is 3. The summed E-state index contributed by atoms with van der Waals surface area (Å²) in [5, 5.41) is 23.2. The number of rotatable bonds is 64. The molecule has 0 aromatic carbocycles. The highest BCUT2D eigenvalue weighted by Crippen LogP contribution is 2.19. The number of ether oxygens (including phenoxy) is 1. The predicted octanol–water partition coefficient (Wildman–Crippen LogP) is 21.6. The number of carbonyl (C=O) groups is 2. The lowest BCUT2D eigenvalue weighted by atomic mass is 10.0. The summed E-state index contributed by atoms with van der Waals surface area (Å²) in [5.74, 6) is -0.0414. The Hall–Kier alpha value is -1.40. The Labute approximate surface area is 463 Å². The molecular weight excluding hydrogens is 911 g/mol. The van der Waals surface area contributed by atoms with E-state index in [0.717, 1.165) is 38.5 Å². The summed E-state index contributed by atoms with van der Waals surface area (Å²) < 4.78 is 5.49. The highest BCUT2D eigenvalue weighted by molar-refractivity contribution is 5.76. The average molecular weight is 1040 g/mol. The van der Waals surface area contributed by atoms with Crippen molar-refractivity contribution in [3.05, 3.63) is 12.2 Å². The molecule has 2 unspecified atom stereocenters. The second kappa shape index (κ2) is 64.1. The van der Waals surface area contributed by atoms with E-state index in [1.807, 2.05) is 6.08 Å². The zero-order valence-corrected chi connectivity index (χ0v) is 50.4. The zero-order chi connectivity index (χ0) is 53.6. The fourth-order valence-electron chi connectivity index (χ4n) is 10.9. The quantitative estimate of drug-likeness (QED) is 0.0320. The first-order valence-corrected chi connectivity index (χ1v) is 34.0. The molecule has 0 aliphatic rings. The largest absolute Gasteiger partial charge is 0.466 e. The Balaban J connectivity index is 3.35. The SMILES string of the molecule is CCCCCCCCCCCCCCCC/C=C/C(O)C(CO)NC(=O)CCCCCCCCCCCCCCCCCCCCCCCCCCCCCOC(=O)CCCCCCCCCCCCCCCC. The third-order valence-electron chi connectivity index (χ3n) is 16.1. The first kappa shape index (κ1) is 72.6. The van der Waals surface area contributed by atoms with Crippen LogP contribution in [-0.2, 0) is 14.3 Å². The summed E-state index contributed by atoms with van der Waals surface area (Å²) in [6, 6.07) is -0.625. The minimum Gasteiger partial charge on any atom is -0.466 e. The van der Waals surface area contributed by atoms with Crippen LogP contribution in [0.3, 0.4) is 0 Å². The summed E-state index contributed by atoms with van der Waals surface area (Å²) in [6.45, 7) is 4.94. The molecule has 2 atom stereocenters. The molecule has 3 N–H and O–H groups in total. The number of aliphatic hydroxyl groups is 2. The number of unbranched alkanes of at least 4 members (excludes halogenated alkanes) is 53. The number of carbonyl (C=O) groups excluding carboxylic acids is 2. The molecule has 0 aliphatic carbocycles. The monoisotopic (exact) mass is 1040 g/mol. The van der Waals surface area contributed by atoms with Crippen LogP contribution >= 0.6 is 0 Å². The number of esters is 1. The van der Waals surface area contributed by atoms with Crippen LogP contribution < -0.4 is 5.32 Å². The summed E-state index contributed by atoms with van der Waals surface area (Å²) >= 11 is 0. The molecule has 0 radical (unpaired) electrons. The van der Waals surface area contributed by atoms with Crippen molar-refractivity contribution in [1.29, 1.82) is 0 Å². The summed E-state index contributed by atoms with van der Waals surface area (Å²) in [6.07, 6.45) is 78.5. The summed E-state index contributed by atoms with van der Waals surface area (Å²) in [7, 11) is 0. The van der Waals surface area contributed by atoms with Crippen molar-refractivity contribution < 1.29 is 24.5 Å². The Bertz CT molecular complexity index is 1110. The molecule has 1 amide bonds. The van der Waals surface area contributed by atoms with Crippen molar-refractivity contribution in [1.82, 2.24) is 5.32 Å². The van der Waals surface area contributed by atoms with Gasteiger partial charge >= 0.3 is 5.97 Å². The van der Waals surface area contributed by atoms with Gasteiger partial charge in [-0.25, -0.2) is 0 Å². The van der Waals surface area contributed by atoms with Crippen molar-refractivity contribution in [3.63, 3.8) is 0 Å². The van der Waals surface area contributed by atoms with Gasteiger partial charge in [0.2, 0.25) is 5.91 Å². The van der Waals surface area contributed by atoms with Crippen molar-refractivity contribution in [2.75, 3.05) is 13.2 Å². The van der Waals surface area contributed by atoms with E-state index in [0.29, 0.717) is 19.4 Å². The van der Waals surface area contributed by atoms with Crippen LogP contribution in [0.1, 0.15) is 386 Å². The molecule has 0 saturated heterocycles.